The van der Waals surface area contributed by atoms with E-state index >= 15 is 0 Å². The summed E-state index contributed by atoms with van der Waals surface area (Å²) >= 11 is 0. The van der Waals surface area contributed by atoms with Gasteiger partial charge in [0.1, 0.15) is 0 Å². The van der Waals surface area contributed by atoms with E-state index in [1.54, 1.807) is 29.0 Å². The Labute approximate surface area is 132 Å². The van der Waals surface area contributed by atoms with Crippen molar-refractivity contribution in [2.45, 2.75) is 6.54 Å². The molecule has 0 saturated heterocycles. The first-order valence-electron chi connectivity index (χ1n) is 7.13. The van der Waals surface area contributed by atoms with Crippen molar-refractivity contribution in [1.82, 2.24) is 4.57 Å². The maximum absolute atomic E-state index is 12.0. The molecule has 23 heavy (non-hydrogen) atoms. The van der Waals surface area contributed by atoms with Gasteiger partial charge in [-0.15, -0.1) is 0 Å². The van der Waals surface area contributed by atoms with Crippen LogP contribution in [-0.4, -0.2) is 9.49 Å². The lowest BCUT2D eigenvalue weighted by Crippen LogP contribution is -2.19. The molecule has 0 atom stereocenters. The molecule has 0 bridgehead atoms. The van der Waals surface area contributed by atoms with Crippen LogP contribution in [0.1, 0.15) is 5.56 Å². The molecule has 0 spiro atoms. The van der Waals surface area contributed by atoms with Crippen LogP contribution < -0.4 is 5.56 Å². The first-order chi connectivity index (χ1) is 11.1. The van der Waals surface area contributed by atoms with Gasteiger partial charge in [0.25, 0.3) is 11.2 Å². The van der Waals surface area contributed by atoms with Gasteiger partial charge >= 0.3 is 0 Å². The number of rotatable bonds is 4. The third-order valence-corrected chi connectivity index (χ3v) is 3.57. The molecular formula is C18H14N2O3. The van der Waals surface area contributed by atoms with Crippen LogP contribution in [0, 0.1) is 10.1 Å². The Morgan fingerprint density at radius 3 is 2.43 bits per heavy atom. The fourth-order valence-corrected chi connectivity index (χ4v) is 2.40. The van der Waals surface area contributed by atoms with E-state index in [1.807, 2.05) is 30.3 Å². The monoisotopic (exact) mass is 306 g/mol. The molecule has 5 heteroatoms. The molecule has 0 radical (unpaired) electrons. The molecule has 0 unspecified atom stereocenters. The Balaban J connectivity index is 1.99. The van der Waals surface area contributed by atoms with E-state index in [2.05, 4.69) is 0 Å². The lowest BCUT2D eigenvalue weighted by Gasteiger charge is -2.08. The van der Waals surface area contributed by atoms with Crippen LogP contribution in [0.2, 0.25) is 0 Å². The zero-order valence-corrected chi connectivity index (χ0v) is 12.3. The fourth-order valence-electron chi connectivity index (χ4n) is 2.40. The lowest BCUT2D eigenvalue weighted by atomic mass is 10.1. The number of aromatic nitrogens is 1. The molecule has 1 heterocycles. The average molecular weight is 306 g/mol. The van der Waals surface area contributed by atoms with E-state index in [4.69, 9.17) is 0 Å². The molecule has 0 fully saturated rings. The molecule has 3 rings (SSSR count). The minimum absolute atomic E-state index is 0.0308. The minimum atomic E-state index is -0.427. The Kier molecular flexibility index (Phi) is 4.01. The van der Waals surface area contributed by atoms with Crippen molar-refractivity contribution in [1.29, 1.82) is 0 Å². The first kappa shape index (κ1) is 14.7. The van der Waals surface area contributed by atoms with Gasteiger partial charge in [-0.2, -0.15) is 0 Å². The Morgan fingerprint density at radius 1 is 0.913 bits per heavy atom. The highest BCUT2D eigenvalue weighted by molar-refractivity contribution is 5.65. The van der Waals surface area contributed by atoms with Gasteiger partial charge < -0.3 is 4.57 Å². The molecule has 0 amide bonds. The SMILES string of the molecule is O=c1ccc(-c2cccc([N+](=O)[O-])c2)cn1Cc1ccccc1. The molecule has 0 N–H and O–H groups in total. The second kappa shape index (κ2) is 6.27. The summed E-state index contributed by atoms with van der Waals surface area (Å²) in [5.41, 5.74) is 2.42. The number of nitro groups is 1. The molecule has 1 aromatic heterocycles. The van der Waals surface area contributed by atoms with Gasteiger partial charge in [-0.05, 0) is 22.8 Å². The van der Waals surface area contributed by atoms with Crippen LogP contribution in [0.4, 0.5) is 5.69 Å². The molecule has 114 valence electrons. The second-order valence-electron chi connectivity index (χ2n) is 5.18. The predicted molar refractivity (Wildman–Crippen MR) is 88.3 cm³/mol. The number of pyridine rings is 1. The summed E-state index contributed by atoms with van der Waals surface area (Å²) in [6.45, 7) is 0.461. The van der Waals surface area contributed by atoms with E-state index < -0.39 is 4.92 Å². The summed E-state index contributed by atoms with van der Waals surface area (Å²) in [5.74, 6) is 0. The number of nitro benzene ring substituents is 1. The molecule has 2 aromatic carbocycles. The maximum atomic E-state index is 12.0. The summed E-state index contributed by atoms with van der Waals surface area (Å²) in [7, 11) is 0. The third-order valence-electron chi connectivity index (χ3n) is 3.57. The van der Waals surface area contributed by atoms with Crippen molar-refractivity contribution < 1.29 is 4.92 Å². The Hall–Kier alpha value is -3.21. The van der Waals surface area contributed by atoms with E-state index in [0.29, 0.717) is 12.1 Å². The molecule has 0 aliphatic rings. The van der Waals surface area contributed by atoms with E-state index in [0.717, 1.165) is 11.1 Å². The van der Waals surface area contributed by atoms with Crippen LogP contribution in [-0.2, 0) is 6.54 Å². The number of benzene rings is 2. The number of hydrogen-bond acceptors (Lipinski definition) is 3. The normalized spacial score (nSPS) is 10.4. The molecular weight excluding hydrogens is 292 g/mol. The first-order valence-corrected chi connectivity index (χ1v) is 7.13. The zero-order chi connectivity index (χ0) is 16.2. The molecule has 5 nitrogen and oxygen atoms in total. The minimum Gasteiger partial charge on any atom is -0.310 e. The molecule has 0 saturated carbocycles. The van der Waals surface area contributed by atoms with Gasteiger partial charge in [0.05, 0.1) is 11.5 Å². The maximum Gasteiger partial charge on any atom is 0.270 e. The van der Waals surface area contributed by atoms with Crippen molar-refractivity contribution in [3.05, 3.63) is 99.0 Å². The number of hydrogen-bond donors (Lipinski definition) is 0. The van der Waals surface area contributed by atoms with Crippen LogP contribution in [0.5, 0.6) is 0 Å². The van der Waals surface area contributed by atoms with Crippen molar-refractivity contribution in [3.8, 4) is 11.1 Å². The van der Waals surface area contributed by atoms with Gasteiger partial charge in [0.15, 0.2) is 0 Å². The summed E-state index contributed by atoms with van der Waals surface area (Å²) in [6, 6.07) is 19.2. The van der Waals surface area contributed by atoms with Gasteiger partial charge in [-0.25, -0.2) is 0 Å². The summed E-state index contributed by atoms with van der Waals surface area (Å²) in [6.07, 6.45) is 1.73. The highest BCUT2D eigenvalue weighted by Crippen LogP contribution is 2.23. The average Bonchev–Trinajstić information content (AvgIpc) is 2.58. The third kappa shape index (κ3) is 3.35. The van der Waals surface area contributed by atoms with Crippen molar-refractivity contribution in [3.63, 3.8) is 0 Å². The molecule has 0 aliphatic heterocycles. The van der Waals surface area contributed by atoms with Crippen LogP contribution in [0.15, 0.2) is 77.7 Å². The lowest BCUT2D eigenvalue weighted by molar-refractivity contribution is -0.384. The van der Waals surface area contributed by atoms with Gasteiger partial charge in [0.2, 0.25) is 0 Å². The van der Waals surface area contributed by atoms with E-state index in [1.165, 1.54) is 18.2 Å². The summed E-state index contributed by atoms with van der Waals surface area (Å²) < 4.78 is 1.60. The van der Waals surface area contributed by atoms with Gasteiger partial charge in [0, 0.05) is 24.4 Å². The van der Waals surface area contributed by atoms with Crippen molar-refractivity contribution in [2.75, 3.05) is 0 Å². The fraction of sp³-hybridized carbons (Fsp3) is 0.0556. The van der Waals surface area contributed by atoms with Gasteiger partial charge in [-0.3, -0.25) is 14.9 Å². The number of nitrogens with zero attached hydrogens (tertiary/aromatic N) is 2. The summed E-state index contributed by atoms with van der Waals surface area (Å²) in [4.78, 5) is 22.5. The van der Waals surface area contributed by atoms with E-state index in [9.17, 15) is 14.9 Å². The van der Waals surface area contributed by atoms with E-state index in [-0.39, 0.29) is 11.2 Å². The van der Waals surface area contributed by atoms with Crippen LogP contribution in [0.25, 0.3) is 11.1 Å². The topological polar surface area (TPSA) is 65.1 Å². The van der Waals surface area contributed by atoms with Crippen LogP contribution >= 0.6 is 0 Å². The standard InChI is InChI=1S/C18H14N2O3/c21-18-10-9-16(15-7-4-8-17(11-15)20(22)23)13-19(18)12-14-5-2-1-3-6-14/h1-11,13H,12H2. The van der Waals surface area contributed by atoms with Gasteiger partial charge in [-0.1, -0.05) is 42.5 Å². The summed E-state index contributed by atoms with van der Waals surface area (Å²) in [5, 5.41) is 10.9. The highest BCUT2D eigenvalue weighted by Gasteiger charge is 2.08. The zero-order valence-electron chi connectivity index (χ0n) is 12.3. The smallest absolute Gasteiger partial charge is 0.270 e. The predicted octanol–water partition coefficient (Wildman–Crippen LogP) is 3.47. The number of non-ortho nitro benzene ring substituents is 1. The van der Waals surface area contributed by atoms with Crippen LogP contribution in [0.3, 0.4) is 0 Å². The Morgan fingerprint density at radius 2 is 1.70 bits per heavy atom. The second-order valence-corrected chi connectivity index (χ2v) is 5.18. The Bertz CT molecular complexity index is 901. The van der Waals surface area contributed by atoms with Crippen molar-refractivity contribution >= 4 is 5.69 Å². The molecule has 3 aromatic rings. The molecule has 0 aliphatic carbocycles. The quantitative estimate of drug-likeness (QED) is 0.547. The van der Waals surface area contributed by atoms with Crippen molar-refractivity contribution in [2.24, 2.45) is 0 Å². The highest BCUT2D eigenvalue weighted by atomic mass is 16.6. The largest absolute Gasteiger partial charge is 0.310 e.